The number of rotatable bonds is 7. The summed E-state index contributed by atoms with van der Waals surface area (Å²) >= 11 is 2.68. The van der Waals surface area contributed by atoms with Crippen molar-refractivity contribution in [2.24, 2.45) is 0 Å². The fourth-order valence-electron chi connectivity index (χ4n) is 2.93. The third kappa shape index (κ3) is 4.03. The molecule has 0 bridgehead atoms. The monoisotopic (exact) mass is 433 g/mol. The number of para-hydroxylation sites is 4. The van der Waals surface area contributed by atoms with Crippen molar-refractivity contribution in [3.63, 3.8) is 0 Å². The number of aromatic nitrogens is 4. The molecular formula is C19H17F2N5OS2. The van der Waals surface area contributed by atoms with Gasteiger partial charge in [-0.15, -0.1) is 10.2 Å². The number of thioether (sulfide) groups is 1. The molecule has 0 amide bonds. The van der Waals surface area contributed by atoms with Crippen LogP contribution in [0.25, 0.3) is 11.0 Å². The van der Waals surface area contributed by atoms with E-state index >= 15 is 0 Å². The van der Waals surface area contributed by atoms with Crippen LogP contribution in [0.1, 0.15) is 24.5 Å². The molecule has 2 aromatic heterocycles. The Bertz CT molecular complexity index is 1130. The van der Waals surface area contributed by atoms with Crippen molar-refractivity contribution in [2.45, 2.75) is 23.1 Å². The van der Waals surface area contributed by atoms with Crippen LogP contribution in [0.2, 0.25) is 0 Å². The molecule has 6 nitrogen and oxygen atoms in total. The Labute approximate surface area is 173 Å². The van der Waals surface area contributed by atoms with Gasteiger partial charge in [-0.05, 0) is 31.2 Å². The lowest BCUT2D eigenvalue weighted by molar-refractivity contribution is 0.0715. The molecule has 0 radical (unpaired) electrons. The number of nitrogens with zero attached hydrogens (tertiary/aromatic N) is 4. The first-order chi connectivity index (χ1) is 14.1. The molecule has 4 rings (SSSR count). The van der Waals surface area contributed by atoms with E-state index in [4.69, 9.17) is 4.74 Å². The first kappa shape index (κ1) is 19.6. The van der Waals surface area contributed by atoms with Gasteiger partial charge >= 0.3 is 6.55 Å². The minimum absolute atomic E-state index is 0.306. The SMILES string of the molecule is COc1ccccc1Nc1nnc(SC(C)c2nc3ccccc3n2C(F)F)s1. The summed E-state index contributed by atoms with van der Waals surface area (Å²) in [6.45, 7) is -0.836. The number of benzene rings is 2. The summed E-state index contributed by atoms with van der Waals surface area (Å²) in [6.07, 6.45) is 0. The average molecular weight is 434 g/mol. The molecule has 0 aliphatic heterocycles. The highest BCUT2D eigenvalue weighted by Crippen LogP contribution is 2.40. The van der Waals surface area contributed by atoms with Crippen molar-refractivity contribution in [1.82, 2.24) is 19.7 Å². The summed E-state index contributed by atoms with van der Waals surface area (Å²) in [7, 11) is 1.60. The number of hydrogen-bond acceptors (Lipinski definition) is 7. The van der Waals surface area contributed by atoms with Gasteiger partial charge in [0.1, 0.15) is 11.6 Å². The average Bonchev–Trinajstić information content (AvgIpc) is 3.32. The largest absolute Gasteiger partial charge is 0.495 e. The number of hydrogen-bond donors (Lipinski definition) is 1. The quantitative estimate of drug-likeness (QED) is 0.367. The Morgan fingerprint density at radius 2 is 1.86 bits per heavy atom. The lowest BCUT2D eigenvalue weighted by atomic mass is 10.3. The molecule has 0 saturated heterocycles. The second kappa shape index (κ2) is 8.34. The number of halogens is 2. The molecule has 0 aliphatic rings. The topological polar surface area (TPSA) is 64.9 Å². The van der Waals surface area contributed by atoms with E-state index < -0.39 is 6.55 Å². The molecule has 0 fully saturated rings. The highest BCUT2D eigenvalue weighted by atomic mass is 32.2. The van der Waals surface area contributed by atoms with Crippen molar-refractivity contribution < 1.29 is 13.5 Å². The summed E-state index contributed by atoms with van der Waals surface area (Å²) in [6, 6.07) is 14.4. The molecule has 1 atom stereocenters. The summed E-state index contributed by atoms with van der Waals surface area (Å²) in [4.78, 5) is 4.41. The van der Waals surface area contributed by atoms with Crippen LogP contribution < -0.4 is 10.1 Å². The number of anilines is 2. The predicted molar refractivity (Wildman–Crippen MR) is 111 cm³/mol. The molecule has 2 heterocycles. The van der Waals surface area contributed by atoms with E-state index in [-0.39, 0.29) is 5.25 Å². The van der Waals surface area contributed by atoms with E-state index in [1.54, 1.807) is 31.4 Å². The molecule has 0 aliphatic carbocycles. The standard InChI is InChI=1S/C19H17F2N5OS2/c1-11(16-22-12-7-3-5-9-14(12)26(16)17(20)21)28-19-25-24-18(29-19)23-13-8-4-6-10-15(13)27-2/h3-11,17H,1-2H3,(H,23,24). The zero-order valence-corrected chi connectivity index (χ0v) is 17.2. The van der Waals surface area contributed by atoms with Crippen LogP contribution in [-0.2, 0) is 0 Å². The minimum Gasteiger partial charge on any atom is -0.495 e. The molecule has 2 aromatic carbocycles. The summed E-state index contributed by atoms with van der Waals surface area (Å²) in [5.41, 5.74) is 1.74. The molecule has 4 aromatic rings. The molecule has 1 N–H and O–H groups in total. The fraction of sp³-hybridized carbons (Fsp3) is 0.211. The number of nitrogens with one attached hydrogen (secondary N) is 1. The van der Waals surface area contributed by atoms with Gasteiger partial charge in [-0.2, -0.15) is 8.78 Å². The van der Waals surface area contributed by atoms with Crippen LogP contribution in [0.3, 0.4) is 0 Å². The lowest BCUT2D eigenvalue weighted by Crippen LogP contribution is -2.06. The smallest absolute Gasteiger partial charge is 0.320 e. The normalized spacial score (nSPS) is 12.4. The third-order valence-corrected chi connectivity index (χ3v) is 6.23. The second-order valence-electron chi connectivity index (χ2n) is 6.06. The van der Waals surface area contributed by atoms with Crippen LogP contribution in [0.15, 0.2) is 52.9 Å². The van der Waals surface area contributed by atoms with Gasteiger partial charge in [-0.1, -0.05) is 47.4 Å². The van der Waals surface area contributed by atoms with Crippen molar-refractivity contribution in [3.8, 4) is 5.75 Å². The van der Waals surface area contributed by atoms with Crippen LogP contribution in [0.4, 0.5) is 19.6 Å². The van der Waals surface area contributed by atoms with Gasteiger partial charge in [0, 0.05) is 0 Å². The van der Waals surface area contributed by atoms with Crippen LogP contribution >= 0.6 is 23.1 Å². The third-order valence-electron chi connectivity index (χ3n) is 4.21. The molecular weight excluding hydrogens is 416 g/mol. The van der Waals surface area contributed by atoms with Crippen LogP contribution in [0.5, 0.6) is 5.75 Å². The zero-order valence-electron chi connectivity index (χ0n) is 15.5. The summed E-state index contributed by atoms with van der Waals surface area (Å²) in [5.74, 6) is 0.997. The number of methoxy groups -OCH3 is 1. The number of fused-ring (bicyclic) bond motifs is 1. The zero-order chi connectivity index (χ0) is 20.4. The van der Waals surface area contributed by atoms with Gasteiger partial charge in [-0.3, -0.25) is 4.57 Å². The molecule has 0 spiro atoms. The van der Waals surface area contributed by atoms with E-state index in [0.717, 1.165) is 10.3 Å². The maximum Gasteiger partial charge on any atom is 0.320 e. The second-order valence-corrected chi connectivity index (χ2v) is 8.63. The van der Waals surface area contributed by atoms with Gasteiger partial charge in [0.15, 0.2) is 4.34 Å². The van der Waals surface area contributed by atoms with E-state index in [1.807, 2.05) is 31.2 Å². The molecule has 29 heavy (non-hydrogen) atoms. The van der Waals surface area contributed by atoms with Gasteiger partial charge in [-0.25, -0.2) is 4.98 Å². The van der Waals surface area contributed by atoms with E-state index in [9.17, 15) is 8.78 Å². The molecule has 0 saturated carbocycles. The van der Waals surface area contributed by atoms with Crippen LogP contribution in [0, 0.1) is 0 Å². The van der Waals surface area contributed by atoms with Crippen molar-refractivity contribution >= 4 is 45.0 Å². The van der Waals surface area contributed by atoms with Crippen molar-refractivity contribution in [1.29, 1.82) is 0 Å². The number of alkyl halides is 2. The Morgan fingerprint density at radius 3 is 2.66 bits per heavy atom. The maximum atomic E-state index is 13.7. The first-order valence-corrected chi connectivity index (χ1v) is 10.4. The first-order valence-electron chi connectivity index (χ1n) is 8.72. The fourth-order valence-corrected chi connectivity index (χ4v) is 4.94. The minimum atomic E-state index is -2.67. The number of ether oxygens (including phenoxy) is 1. The lowest BCUT2D eigenvalue weighted by Gasteiger charge is -2.12. The highest BCUT2D eigenvalue weighted by molar-refractivity contribution is 8.01. The molecule has 150 valence electrons. The van der Waals surface area contributed by atoms with Gasteiger partial charge in [0.25, 0.3) is 0 Å². The maximum absolute atomic E-state index is 13.7. The Balaban J connectivity index is 1.55. The van der Waals surface area contributed by atoms with E-state index in [1.165, 1.54) is 23.1 Å². The Hall–Kier alpha value is -2.72. The van der Waals surface area contributed by atoms with Crippen molar-refractivity contribution in [3.05, 3.63) is 54.4 Å². The van der Waals surface area contributed by atoms with Gasteiger partial charge in [0.2, 0.25) is 5.13 Å². The van der Waals surface area contributed by atoms with E-state index in [0.29, 0.717) is 32.1 Å². The Morgan fingerprint density at radius 1 is 1.10 bits per heavy atom. The van der Waals surface area contributed by atoms with Crippen LogP contribution in [-0.4, -0.2) is 26.9 Å². The Kier molecular flexibility index (Phi) is 5.63. The molecule has 10 heteroatoms. The summed E-state index contributed by atoms with van der Waals surface area (Å²) in [5, 5.41) is 11.7. The molecule has 1 unspecified atom stereocenters. The van der Waals surface area contributed by atoms with Crippen molar-refractivity contribution in [2.75, 3.05) is 12.4 Å². The van der Waals surface area contributed by atoms with E-state index in [2.05, 4.69) is 20.5 Å². The van der Waals surface area contributed by atoms with Gasteiger partial charge in [0.05, 0.1) is 29.1 Å². The number of imidazole rings is 1. The summed E-state index contributed by atoms with van der Waals surface area (Å²) < 4.78 is 34.3. The predicted octanol–water partition coefficient (Wildman–Crippen LogP) is 5.89. The van der Waals surface area contributed by atoms with Gasteiger partial charge < -0.3 is 10.1 Å². The highest BCUT2D eigenvalue weighted by Gasteiger charge is 2.23.